The van der Waals surface area contributed by atoms with E-state index < -0.39 is 0 Å². The number of Topliss-reactive ketones (excluding diaryl/α,β-unsaturated/α-hetero) is 1. The molecule has 0 unspecified atom stereocenters. The van der Waals surface area contributed by atoms with Crippen LogP contribution < -0.4 is 0 Å². The van der Waals surface area contributed by atoms with E-state index in [1.54, 1.807) is 6.26 Å². The van der Waals surface area contributed by atoms with Crippen molar-refractivity contribution in [3.05, 3.63) is 23.7 Å². The number of piperazine rings is 1. The molecule has 0 amide bonds. The van der Waals surface area contributed by atoms with Crippen LogP contribution >= 0.6 is 0 Å². The summed E-state index contributed by atoms with van der Waals surface area (Å²) in [7, 11) is 2.14. The molecule has 1 saturated heterocycles. The highest BCUT2D eigenvalue weighted by Gasteiger charge is 2.15. The summed E-state index contributed by atoms with van der Waals surface area (Å²) in [6, 6.07) is 1.85. The fourth-order valence-electron chi connectivity index (χ4n) is 1.91. The summed E-state index contributed by atoms with van der Waals surface area (Å²) >= 11 is 0. The summed E-state index contributed by atoms with van der Waals surface area (Å²) in [5.41, 5.74) is 1.09. The van der Waals surface area contributed by atoms with E-state index in [-0.39, 0.29) is 5.78 Å². The molecule has 88 valence electrons. The number of nitrogens with zero attached hydrogens (tertiary/aromatic N) is 2. The molecule has 0 aliphatic carbocycles. The third kappa shape index (κ3) is 2.71. The standard InChI is InChI=1S/C12H18N2O2/c1-10(15)12-7-11(9-16-12)8-14-5-3-13(2)4-6-14/h7,9H,3-6,8H2,1-2H3. The number of likely N-dealkylation sites (N-methyl/N-ethyl adjacent to an activating group) is 1. The Morgan fingerprint density at radius 3 is 2.62 bits per heavy atom. The van der Waals surface area contributed by atoms with Crippen molar-refractivity contribution < 1.29 is 9.21 Å². The van der Waals surface area contributed by atoms with Crippen molar-refractivity contribution >= 4 is 5.78 Å². The van der Waals surface area contributed by atoms with Crippen molar-refractivity contribution in [2.45, 2.75) is 13.5 Å². The lowest BCUT2D eigenvalue weighted by Crippen LogP contribution is -2.43. The number of furan rings is 1. The Kier molecular flexibility index (Phi) is 3.41. The monoisotopic (exact) mass is 222 g/mol. The fraction of sp³-hybridized carbons (Fsp3) is 0.583. The van der Waals surface area contributed by atoms with Crippen LogP contribution in [0.15, 0.2) is 16.7 Å². The van der Waals surface area contributed by atoms with Crippen molar-refractivity contribution in [2.75, 3.05) is 33.2 Å². The number of carbonyl (C=O) groups excluding carboxylic acids is 1. The molecule has 0 aromatic carbocycles. The van der Waals surface area contributed by atoms with Gasteiger partial charge in [-0.05, 0) is 13.1 Å². The van der Waals surface area contributed by atoms with Crippen LogP contribution in [-0.2, 0) is 6.54 Å². The molecule has 2 rings (SSSR count). The molecule has 1 aliphatic heterocycles. The average Bonchev–Trinajstić information content (AvgIpc) is 2.70. The Bertz CT molecular complexity index is 365. The van der Waals surface area contributed by atoms with Crippen LogP contribution in [0.5, 0.6) is 0 Å². The van der Waals surface area contributed by atoms with Gasteiger partial charge in [0.15, 0.2) is 11.5 Å². The molecule has 1 aromatic rings. The Balaban J connectivity index is 1.91. The van der Waals surface area contributed by atoms with E-state index in [4.69, 9.17) is 4.42 Å². The minimum atomic E-state index is -0.00960. The Morgan fingerprint density at radius 2 is 2.06 bits per heavy atom. The molecule has 1 aromatic heterocycles. The zero-order valence-corrected chi connectivity index (χ0v) is 9.90. The molecular formula is C12H18N2O2. The van der Waals surface area contributed by atoms with Crippen molar-refractivity contribution in [3.63, 3.8) is 0 Å². The minimum Gasteiger partial charge on any atom is -0.461 e. The highest BCUT2D eigenvalue weighted by Crippen LogP contribution is 2.12. The molecule has 4 heteroatoms. The highest BCUT2D eigenvalue weighted by molar-refractivity contribution is 5.91. The minimum absolute atomic E-state index is 0.00960. The summed E-state index contributed by atoms with van der Waals surface area (Å²) < 4.78 is 5.20. The van der Waals surface area contributed by atoms with Gasteiger partial charge in [-0.1, -0.05) is 0 Å². The second-order valence-electron chi connectivity index (χ2n) is 4.45. The van der Waals surface area contributed by atoms with Crippen LogP contribution in [-0.4, -0.2) is 48.8 Å². The largest absolute Gasteiger partial charge is 0.461 e. The maximum Gasteiger partial charge on any atom is 0.194 e. The number of hydrogen-bond donors (Lipinski definition) is 0. The summed E-state index contributed by atoms with van der Waals surface area (Å²) in [4.78, 5) is 15.8. The lowest BCUT2D eigenvalue weighted by Gasteiger charge is -2.31. The first-order valence-corrected chi connectivity index (χ1v) is 5.64. The number of carbonyl (C=O) groups is 1. The van der Waals surface area contributed by atoms with Gasteiger partial charge in [0, 0.05) is 45.2 Å². The smallest absolute Gasteiger partial charge is 0.194 e. The third-order valence-corrected chi connectivity index (χ3v) is 3.00. The van der Waals surface area contributed by atoms with Gasteiger partial charge in [-0.25, -0.2) is 0 Å². The summed E-state index contributed by atoms with van der Waals surface area (Å²) in [6.45, 7) is 6.78. The summed E-state index contributed by atoms with van der Waals surface area (Å²) in [5.74, 6) is 0.453. The Labute approximate surface area is 95.8 Å². The lowest BCUT2D eigenvalue weighted by atomic mass is 10.2. The predicted octanol–water partition coefficient (Wildman–Crippen LogP) is 1.23. The maximum absolute atomic E-state index is 11.1. The Morgan fingerprint density at radius 1 is 1.38 bits per heavy atom. The number of hydrogen-bond acceptors (Lipinski definition) is 4. The Hall–Kier alpha value is -1.13. The van der Waals surface area contributed by atoms with E-state index in [1.807, 2.05) is 6.07 Å². The average molecular weight is 222 g/mol. The quantitative estimate of drug-likeness (QED) is 0.721. The van der Waals surface area contributed by atoms with Crippen LogP contribution in [0.3, 0.4) is 0 Å². The second-order valence-corrected chi connectivity index (χ2v) is 4.45. The van der Waals surface area contributed by atoms with Gasteiger partial charge in [-0.2, -0.15) is 0 Å². The first-order valence-electron chi connectivity index (χ1n) is 5.64. The first-order chi connectivity index (χ1) is 7.65. The molecule has 1 fully saturated rings. The summed E-state index contributed by atoms with van der Waals surface area (Å²) in [6.07, 6.45) is 1.69. The molecular weight excluding hydrogens is 204 g/mol. The van der Waals surface area contributed by atoms with Gasteiger partial charge in [-0.3, -0.25) is 9.69 Å². The van der Waals surface area contributed by atoms with Crippen molar-refractivity contribution in [2.24, 2.45) is 0 Å². The van der Waals surface area contributed by atoms with Gasteiger partial charge >= 0.3 is 0 Å². The second kappa shape index (κ2) is 4.80. The topological polar surface area (TPSA) is 36.7 Å². The molecule has 0 atom stereocenters. The van der Waals surface area contributed by atoms with Gasteiger partial charge in [0.1, 0.15) is 0 Å². The SMILES string of the molecule is CC(=O)c1cc(CN2CCN(C)CC2)co1. The van der Waals surface area contributed by atoms with E-state index in [0.717, 1.165) is 38.3 Å². The normalized spacial score (nSPS) is 18.9. The van der Waals surface area contributed by atoms with E-state index in [2.05, 4.69) is 16.8 Å². The molecule has 0 N–H and O–H groups in total. The van der Waals surface area contributed by atoms with Crippen LogP contribution in [0.4, 0.5) is 0 Å². The molecule has 2 heterocycles. The number of ketones is 1. The van der Waals surface area contributed by atoms with E-state index in [9.17, 15) is 4.79 Å². The van der Waals surface area contributed by atoms with Crippen molar-refractivity contribution in [3.8, 4) is 0 Å². The van der Waals surface area contributed by atoms with Crippen molar-refractivity contribution in [1.82, 2.24) is 9.80 Å². The lowest BCUT2D eigenvalue weighted by molar-refractivity contribution is 0.0987. The fourth-order valence-corrected chi connectivity index (χ4v) is 1.91. The van der Waals surface area contributed by atoms with Crippen LogP contribution in [0.25, 0.3) is 0 Å². The number of rotatable bonds is 3. The first kappa shape index (κ1) is 11.4. The van der Waals surface area contributed by atoms with Crippen LogP contribution in [0, 0.1) is 0 Å². The van der Waals surface area contributed by atoms with Gasteiger partial charge in [-0.15, -0.1) is 0 Å². The van der Waals surface area contributed by atoms with E-state index in [1.165, 1.54) is 6.92 Å². The maximum atomic E-state index is 11.1. The predicted molar refractivity (Wildman–Crippen MR) is 61.5 cm³/mol. The summed E-state index contributed by atoms with van der Waals surface area (Å²) in [5, 5.41) is 0. The molecule has 0 saturated carbocycles. The van der Waals surface area contributed by atoms with Crippen LogP contribution in [0.1, 0.15) is 23.0 Å². The van der Waals surface area contributed by atoms with Gasteiger partial charge in [0.25, 0.3) is 0 Å². The van der Waals surface area contributed by atoms with E-state index in [0.29, 0.717) is 5.76 Å². The van der Waals surface area contributed by atoms with Gasteiger partial charge in [0.2, 0.25) is 0 Å². The highest BCUT2D eigenvalue weighted by atomic mass is 16.3. The molecule has 4 nitrogen and oxygen atoms in total. The molecule has 1 aliphatic rings. The third-order valence-electron chi connectivity index (χ3n) is 3.00. The zero-order valence-electron chi connectivity index (χ0n) is 9.90. The molecule has 0 bridgehead atoms. The van der Waals surface area contributed by atoms with Crippen molar-refractivity contribution in [1.29, 1.82) is 0 Å². The van der Waals surface area contributed by atoms with Gasteiger partial charge < -0.3 is 9.32 Å². The molecule has 0 spiro atoms. The van der Waals surface area contributed by atoms with E-state index >= 15 is 0 Å². The van der Waals surface area contributed by atoms with Gasteiger partial charge in [0.05, 0.1) is 6.26 Å². The van der Waals surface area contributed by atoms with Crippen LogP contribution in [0.2, 0.25) is 0 Å². The molecule has 0 radical (unpaired) electrons. The molecule has 16 heavy (non-hydrogen) atoms. The zero-order chi connectivity index (χ0) is 11.5.